The molecule has 0 spiro atoms. The molecule has 3 rings (SSSR count). The molecule has 0 amide bonds. The molecule has 1 N–H and O–H groups in total. The number of furan rings is 1. The fraction of sp³-hybridized carbons (Fsp3) is 0.118. The summed E-state index contributed by atoms with van der Waals surface area (Å²) in [7, 11) is -3.98. The Morgan fingerprint density at radius 1 is 1.04 bits per heavy atom. The number of alkyl halides is 3. The van der Waals surface area contributed by atoms with E-state index >= 15 is 0 Å². The molecule has 0 saturated carbocycles. The Morgan fingerprint density at radius 2 is 1.77 bits per heavy atom. The number of rotatable bonds is 5. The zero-order valence-electron chi connectivity index (χ0n) is 13.2. The van der Waals surface area contributed by atoms with Crippen LogP contribution in [0.5, 0.6) is 0 Å². The second-order valence-electron chi connectivity index (χ2n) is 5.34. The summed E-state index contributed by atoms with van der Waals surface area (Å²) in [6.45, 7) is -0.0901. The maximum absolute atomic E-state index is 12.6. The second-order valence-corrected chi connectivity index (χ2v) is 7.10. The van der Waals surface area contributed by atoms with Gasteiger partial charge in [0.1, 0.15) is 5.69 Å². The average Bonchev–Trinajstić information content (AvgIpc) is 3.14. The summed E-state index contributed by atoms with van der Waals surface area (Å²) in [5, 5.41) is 0. The van der Waals surface area contributed by atoms with Gasteiger partial charge < -0.3 is 4.42 Å². The van der Waals surface area contributed by atoms with Gasteiger partial charge in [-0.25, -0.2) is 13.1 Å². The lowest BCUT2D eigenvalue weighted by Crippen LogP contribution is -2.23. The molecule has 0 radical (unpaired) electrons. The van der Waals surface area contributed by atoms with Gasteiger partial charge >= 0.3 is 6.18 Å². The average molecular weight is 382 g/mol. The number of aromatic nitrogens is 1. The molecule has 0 aliphatic carbocycles. The monoisotopic (exact) mass is 382 g/mol. The lowest BCUT2D eigenvalue weighted by molar-refractivity contribution is -0.137. The van der Waals surface area contributed by atoms with E-state index in [0.717, 1.165) is 24.3 Å². The molecule has 9 heteroatoms. The molecule has 1 aromatic carbocycles. The van der Waals surface area contributed by atoms with Crippen molar-refractivity contribution in [2.24, 2.45) is 0 Å². The van der Waals surface area contributed by atoms with Gasteiger partial charge in [0, 0.05) is 12.7 Å². The highest BCUT2D eigenvalue weighted by Gasteiger charge is 2.30. The topological polar surface area (TPSA) is 72.2 Å². The van der Waals surface area contributed by atoms with Crippen molar-refractivity contribution >= 4 is 10.0 Å². The van der Waals surface area contributed by atoms with E-state index in [1.54, 1.807) is 30.5 Å². The molecule has 2 aromatic heterocycles. The minimum absolute atomic E-state index is 0.0901. The minimum atomic E-state index is -4.52. The highest BCUT2D eigenvalue weighted by Crippen LogP contribution is 2.29. The van der Waals surface area contributed by atoms with E-state index < -0.39 is 21.8 Å². The third kappa shape index (κ3) is 3.94. The minimum Gasteiger partial charge on any atom is -0.463 e. The molecule has 0 atom stereocenters. The first-order valence-electron chi connectivity index (χ1n) is 7.42. The molecule has 0 bridgehead atoms. The predicted molar refractivity (Wildman–Crippen MR) is 87.4 cm³/mol. The number of pyridine rings is 1. The van der Waals surface area contributed by atoms with Crippen LogP contribution in [0.25, 0.3) is 11.5 Å². The third-order valence-corrected chi connectivity index (χ3v) is 5.01. The quantitative estimate of drug-likeness (QED) is 0.728. The molecular weight excluding hydrogens is 369 g/mol. The van der Waals surface area contributed by atoms with Gasteiger partial charge in [-0.15, -0.1) is 0 Å². The number of benzene rings is 1. The Hall–Kier alpha value is -2.65. The Kier molecular flexibility index (Phi) is 4.84. The van der Waals surface area contributed by atoms with Gasteiger partial charge in [-0.2, -0.15) is 13.2 Å². The van der Waals surface area contributed by atoms with Crippen LogP contribution in [0.15, 0.2) is 70.3 Å². The van der Waals surface area contributed by atoms with Crippen molar-refractivity contribution in [2.75, 3.05) is 0 Å². The van der Waals surface area contributed by atoms with Gasteiger partial charge in [0.25, 0.3) is 0 Å². The molecule has 0 fully saturated rings. The van der Waals surface area contributed by atoms with Crippen molar-refractivity contribution in [1.29, 1.82) is 0 Å². The number of nitrogens with one attached hydrogen (secondary N) is 1. The summed E-state index contributed by atoms with van der Waals surface area (Å²) in [5.74, 6) is 0.481. The van der Waals surface area contributed by atoms with Crippen LogP contribution in [-0.2, 0) is 22.7 Å². The second kappa shape index (κ2) is 6.93. The van der Waals surface area contributed by atoms with Crippen molar-refractivity contribution in [3.8, 4) is 11.5 Å². The predicted octanol–water partition coefficient (Wildman–Crippen LogP) is 3.84. The van der Waals surface area contributed by atoms with Gasteiger partial charge in [0.05, 0.1) is 16.7 Å². The standard InChI is InChI=1S/C17H13F3N2O3S/c18-17(19,20)13-5-7-14(8-6-13)26(23,24)22-11-12-3-1-9-21-16(12)15-4-2-10-25-15/h1-10,22H,11H2. The maximum Gasteiger partial charge on any atom is 0.416 e. The lowest BCUT2D eigenvalue weighted by atomic mass is 10.1. The fourth-order valence-corrected chi connectivity index (χ4v) is 3.30. The first kappa shape index (κ1) is 18.2. The zero-order chi connectivity index (χ0) is 18.8. The zero-order valence-corrected chi connectivity index (χ0v) is 14.0. The van der Waals surface area contributed by atoms with Gasteiger partial charge in [0.2, 0.25) is 10.0 Å². The molecule has 0 unspecified atom stereocenters. The van der Waals surface area contributed by atoms with Crippen molar-refractivity contribution in [3.05, 3.63) is 72.1 Å². The molecule has 2 heterocycles. The van der Waals surface area contributed by atoms with Crippen LogP contribution in [0.1, 0.15) is 11.1 Å². The van der Waals surface area contributed by atoms with E-state index in [4.69, 9.17) is 4.42 Å². The first-order valence-corrected chi connectivity index (χ1v) is 8.90. The third-order valence-electron chi connectivity index (χ3n) is 3.59. The van der Waals surface area contributed by atoms with Gasteiger partial charge in [0.15, 0.2) is 5.76 Å². The Bertz CT molecular complexity index is 983. The van der Waals surface area contributed by atoms with Gasteiger partial charge in [-0.05, 0) is 48.0 Å². The van der Waals surface area contributed by atoms with Gasteiger partial charge in [-0.3, -0.25) is 4.98 Å². The summed E-state index contributed by atoms with van der Waals surface area (Å²) in [4.78, 5) is 3.92. The number of halogens is 3. The largest absolute Gasteiger partial charge is 0.463 e. The molecule has 0 aliphatic heterocycles. The summed E-state index contributed by atoms with van der Waals surface area (Å²) < 4.78 is 70.0. The van der Waals surface area contributed by atoms with Crippen LogP contribution >= 0.6 is 0 Å². The van der Waals surface area contributed by atoms with E-state index in [-0.39, 0.29) is 11.4 Å². The van der Waals surface area contributed by atoms with E-state index in [1.165, 1.54) is 6.26 Å². The van der Waals surface area contributed by atoms with E-state index in [2.05, 4.69) is 9.71 Å². The Balaban J connectivity index is 1.80. The normalized spacial score (nSPS) is 12.3. The smallest absolute Gasteiger partial charge is 0.416 e. The SMILES string of the molecule is O=S(=O)(NCc1cccnc1-c1ccco1)c1ccc(C(F)(F)F)cc1. The van der Waals surface area contributed by atoms with Crippen LogP contribution < -0.4 is 4.72 Å². The lowest BCUT2D eigenvalue weighted by Gasteiger charge is -2.10. The van der Waals surface area contributed by atoms with Crippen LogP contribution in [0.4, 0.5) is 13.2 Å². The molecular formula is C17H13F3N2O3S. The first-order chi connectivity index (χ1) is 12.3. The number of nitrogens with zero attached hydrogens (tertiary/aromatic N) is 1. The summed E-state index contributed by atoms with van der Waals surface area (Å²) in [5.41, 5.74) is 0.134. The molecule has 3 aromatic rings. The fourth-order valence-electron chi connectivity index (χ4n) is 2.30. The van der Waals surface area contributed by atoms with Crippen LogP contribution in [-0.4, -0.2) is 13.4 Å². The van der Waals surface area contributed by atoms with Crippen molar-refractivity contribution in [3.63, 3.8) is 0 Å². The van der Waals surface area contributed by atoms with Gasteiger partial charge in [-0.1, -0.05) is 6.07 Å². The Morgan fingerprint density at radius 3 is 2.38 bits per heavy atom. The summed E-state index contributed by atoms with van der Waals surface area (Å²) in [6, 6.07) is 9.99. The number of sulfonamides is 1. The van der Waals surface area contributed by atoms with Crippen molar-refractivity contribution in [1.82, 2.24) is 9.71 Å². The molecule has 136 valence electrons. The van der Waals surface area contributed by atoms with E-state index in [9.17, 15) is 21.6 Å². The maximum atomic E-state index is 12.6. The summed E-state index contributed by atoms with van der Waals surface area (Å²) >= 11 is 0. The number of hydrogen-bond donors (Lipinski definition) is 1. The van der Waals surface area contributed by atoms with E-state index in [1.807, 2.05) is 0 Å². The Labute approximate surface area is 147 Å². The molecule has 26 heavy (non-hydrogen) atoms. The van der Waals surface area contributed by atoms with Crippen molar-refractivity contribution in [2.45, 2.75) is 17.6 Å². The molecule has 0 aliphatic rings. The van der Waals surface area contributed by atoms with Crippen LogP contribution in [0, 0.1) is 0 Å². The number of hydrogen-bond acceptors (Lipinski definition) is 4. The molecule has 5 nitrogen and oxygen atoms in total. The van der Waals surface area contributed by atoms with Crippen LogP contribution in [0.2, 0.25) is 0 Å². The summed E-state index contributed by atoms with van der Waals surface area (Å²) in [6.07, 6.45) is -1.50. The highest BCUT2D eigenvalue weighted by molar-refractivity contribution is 7.89. The van der Waals surface area contributed by atoms with E-state index in [0.29, 0.717) is 17.0 Å². The highest BCUT2D eigenvalue weighted by atomic mass is 32.2. The van der Waals surface area contributed by atoms with Crippen LogP contribution in [0.3, 0.4) is 0 Å². The molecule has 0 saturated heterocycles. The van der Waals surface area contributed by atoms with Crippen molar-refractivity contribution < 1.29 is 26.0 Å².